The number of likely N-dealkylation sites (N-methyl/N-ethyl adjacent to an activating group) is 1. The van der Waals surface area contributed by atoms with Crippen LogP contribution in [0.25, 0.3) is 10.9 Å². The Kier molecular flexibility index (Phi) is 11.3. The smallest absolute Gasteiger partial charge is 0.408 e. The number of aromatic amines is 1. The normalized spacial score (nSPS) is 18.9. The van der Waals surface area contributed by atoms with Crippen molar-refractivity contribution in [2.75, 3.05) is 13.6 Å². The van der Waals surface area contributed by atoms with E-state index in [9.17, 15) is 23.9 Å². The lowest BCUT2D eigenvalue weighted by Gasteiger charge is -2.28. The largest absolute Gasteiger partial charge is 0.444 e. The molecule has 2 heterocycles. The number of rotatable bonds is 4. The molecule has 1 aromatic carbocycles. The number of alkyl carbamates (subject to hydrolysis) is 1. The zero-order chi connectivity index (χ0) is 27.8. The summed E-state index contributed by atoms with van der Waals surface area (Å²) in [6.07, 6.45) is 1.77. The lowest BCUT2D eigenvalue weighted by atomic mass is 9.88. The molecule has 1 amide bonds. The monoisotopic (exact) mass is 507 g/mol. The fourth-order valence-electron chi connectivity index (χ4n) is 3.65. The molecular formula is C27H42FN3O5. The van der Waals surface area contributed by atoms with Gasteiger partial charge in [-0.1, -0.05) is 34.6 Å². The number of H-pyrrole nitrogens is 1. The van der Waals surface area contributed by atoms with E-state index in [0.29, 0.717) is 24.0 Å². The van der Waals surface area contributed by atoms with Gasteiger partial charge < -0.3 is 24.9 Å². The molecule has 3 N–H and O–H groups in total. The molecule has 1 aliphatic heterocycles. The maximum Gasteiger partial charge on any atom is 0.408 e. The van der Waals surface area contributed by atoms with E-state index in [1.165, 1.54) is 12.1 Å². The molecule has 3 atom stereocenters. The number of aliphatic hydroxyl groups excluding tert-OH is 1. The van der Waals surface area contributed by atoms with Gasteiger partial charge in [-0.25, -0.2) is 9.18 Å². The van der Waals surface area contributed by atoms with Crippen molar-refractivity contribution in [1.82, 2.24) is 15.2 Å². The highest BCUT2D eigenvalue weighted by Gasteiger charge is 2.34. The maximum absolute atomic E-state index is 13.1. The van der Waals surface area contributed by atoms with Crippen molar-refractivity contribution < 1.29 is 28.6 Å². The van der Waals surface area contributed by atoms with Crippen molar-refractivity contribution in [2.45, 2.75) is 85.6 Å². The molecule has 0 radical (unpaired) electrons. The Hall–Kier alpha value is -2.78. The second kappa shape index (κ2) is 13.0. The number of carbonyl (C=O) groups is 3. The van der Waals surface area contributed by atoms with Gasteiger partial charge in [0.2, 0.25) is 0 Å². The van der Waals surface area contributed by atoms with Crippen molar-refractivity contribution in [1.29, 1.82) is 0 Å². The third kappa shape index (κ3) is 9.02. The summed E-state index contributed by atoms with van der Waals surface area (Å²) in [5.74, 6) is -0.362. The minimum Gasteiger partial charge on any atom is -0.444 e. The van der Waals surface area contributed by atoms with E-state index >= 15 is 0 Å². The third-order valence-corrected chi connectivity index (χ3v) is 5.48. The minimum absolute atomic E-state index is 0.0306. The van der Waals surface area contributed by atoms with Crippen molar-refractivity contribution in [2.24, 2.45) is 5.41 Å². The second-order valence-electron chi connectivity index (χ2n) is 10.7. The third-order valence-electron chi connectivity index (χ3n) is 5.48. The zero-order valence-corrected chi connectivity index (χ0v) is 22.9. The number of aliphatic hydroxyl groups is 1. The van der Waals surface area contributed by atoms with Crippen LogP contribution in [0.15, 0.2) is 24.4 Å². The van der Waals surface area contributed by atoms with Crippen molar-refractivity contribution >= 4 is 29.1 Å². The molecule has 1 aliphatic rings. The summed E-state index contributed by atoms with van der Waals surface area (Å²) < 4.78 is 18.2. The van der Waals surface area contributed by atoms with Crippen LogP contribution >= 0.6 is 0 Å². The standard InChI is InChI=1S/C14H15FN2O2.C11H21NO3.C2H6/c1-17-7-9(18)5-13(17)14(19)11-6-16-12-4-8(15)2-3-10(11)12;1-10(2,3)8(7-13)12-9(14)15-11(4,5)6;1-2/h2-4,6,9,13,16,18H,5,7H2,1H3;7-8H,1-6H3,(H,12,14);1-2H3. The van der Waals surface area contributed by atoms with Crippen LogP contribution in [0.2, 0.25) is 0 Å². The number of ketones is 1. The van der Waals surface area contributed by atoms with E-state index in [1.807, 2.05) is 46.6 Å². The van der Waals surface area contributed by atoms with Crippen LogP contribution in [0.1, 0.15) is 72.2 Å². The summed E-state index contributed by atoms with van der Waals surface area (Å²) in [5.41, 5.74) is 0.319. The molecule has 1 fully saturated rings. The summed E-state index contributed by atoms with van der Waals surface area (Å²) in [5, 5.41) is 12.9. The lowest BCUT2D eigenvalue weighted by Crippen LogP contribution is -2.46. The van der Waals surface area contributed by atoms with Gasteiger partial charge >= 0.3 is 6.09 Å². The van der Waals surface area contributed by atoms with E-state index in [2.05, 4.69) is 10.3 Å². The number of hydrogen-bond acceptors (Lipinski definition) is 6. The number of benzene rings is 1. The summed E-state index contributed by atoms with van der Waals surface area (Å²) in [6.45, 7) is 15.5. The van der Waals surface area contributed by atoms with Crippen LogP contribution in [0, 0.1) is 11.2 Å². The molecule has 0 spiro atoms. The Labute approximate surface area is 213 Å². The number of likely N-dealkylation sites (tertiary alicyclic amines) is 1. The van der Waals surface area contributed by atoms with Crippen molar-refractivity contribution in [3.63, 3.8) is 0 Å². The predicted molar refractivity (Wildman–Crippen MR) is 140 cm³/mol. The van der Waals surface area contributed by atoms with Gasteiger partial charge in [0.15, 0.2) is 5.78 Å². The first kappa shape index (κ1) is 31.3. The number of nitrogens with one attached hydrogen (secondary N) is 2. The number of aldehydes is 1. The molecule has 0 aliphatic carbocycles. The fourth-order valence-corrected chi connectivity index (χ4v) is 3.65. The number of ether oxygens (including phenoxy) is 1. The fraction of sp³-hybridized carbons (Fsp3) is 0.593. The molecule has 202 valence electrons. The lowest BCUT2D eigenvalue weighted by molar-refractivity contribution is -0.111. The number of amides is 1. The van der Waals surface area contributed by atoms with Crippen LogP contribution in [0.5, 0.6) is 0 Å². The molecule has 8 nitrogen and oxygen atoms in total. The Bertz CT molecular complexity index is 1020. The van der Waals surface area contributed by atoms with Crippen molar-refractivity contribution in [3.8, 4) is 0 Å². The Morgan fingerprint density at radius 2 is 1.83 bits per heavy atom. The first-order valence-electron chi connectivity index (χ1n) is 12.3. The molecule has 2 aromatic rings. The SMILES string of the molecule is CC.CC(C)(C)OC(=O)NC(C=O)C(C)(C)C.CN1CC(O)CC1C(=O)c1c[nH]c2cc(F)ccc12. The van der Waals surface area contributed by atoms with Gasteiger partial charge in [-0.05, 0) is 57.9 Å². The number of fused-ring (bicyclic) bond motifs is 1. The second-order valence-corrected chi connectivity index (χ2v) is 10.7. The molecule has 1 saturated heterocycles. The van der Waals surface area contributed by atoms with E-state index in [4.69, 9.17) is 4.74 Å². The summed E-state index contributed by atoms with van der Waals surface area (Å²) in [7, 11) is 1.83. The number of hydrogen-bond donors (Lipinski definition) is 3. The van der Waals surface area contributed by atoms with Gasteiger partial charge in [0.05, 0.1) is 18.2 Å². The quantitative estimate of drug-likeness (QED) is 0.408. The van der Waals surface area contributed by atoms with Gasteiger partial charge in [-0.2, -0.15) is 0 Å². The summed E-state index contributed by atoms with van der Waals surface area (Å²) >= 11 is 0. The molecule has 3 rings (SSSR count). The minimum atomic E-state index is -0.561. The number of halogens is 1. The molecule has 36 heavy (non-hydrogen) atoms. The Balaban J connectivity index is 0.000000348. The number of aromatic nitrogens is 1. The van der Waals surface area contributed by atoms with Crippen LogP contribution in [-0.4, -0.2) is 70.5 Å². The first-order chi connectivity index (χ1) is 16.6. The molecule has 1 aromatic heterocycles. The Morgan fingerprint density at radius 1 is 1.22 bits per heavy atom. The average molecular weight is 508 g/mol. The predicted octanol–water partition coefficient (Wildman–Crippen LogP) is 4.71. The van der Waals surface area contributed by atoms with E-state index < -0.39 is 23.8 Å². The molecule has 0 bridgehead atoms. The van der Waals surface area contributed by atoms with E-state index in [1.54, 1.807) is 33.0 Å². The zero-order valence-electron chi connectivity index (χ0n) is 22.9. The molecule has 3 unspecified atom stereocenters. The topological polar surface area (TPSA) is 112 Å². The van der Waals surface area contributed by atoms with Gasteiger partial charge in [-0.15, -0.1) is 0 Å². The Morgan fingerprint density at radius 3 is 2.31 bits per heavy atom. The van der Waals surface area contributed by atoms with Crippen LogP contribution in [0.3, 0.4) is 0 Å². The number of Topliss-reactive ketones (excluding diaryl/α,β-unsaturated/α-hetero) is 1. The number of nitrogens with zero attached hydrogens (tertiary/aromatic N) is 1. The highest BCUT2D eigenvalue weighted by atomic mass is 19.1. The van der Waals surface area contributed by atoms with Gasteiger partial charge in [-0.3, -0.25) is 9.69 Å². The molecule has 9 heteroatoms. The number of carbonyl (C=O) groups excluding carboxylic acids is 3. The van der Waals surface area contributed by atoms with E-state index in [0.717, 1.165) is 11.7 Å². The number of β-amino-alcohol motifs (C(OH)–C–C–N with tert-alkyl or cyclic N) is 1. The summed E-state index contributed by atoms with van der Waals surface area (Å²) in [4.78, 5) is 39.4. The highest BCUT2D eigenvalue weighted by molar-refractivity contribution is 6.10. The molecular weight excluding hydrogens is 465 g/mol. The first-order valence-corrected chi connectivity index (χ1v) is 12.3. The van der Waals surface area contributed by atoms with Gasteiger partial charge in [0.25, 0.3) is 0 Å². The van der Waals surface area contributed by atoms with Gasteiger partial charge in [0.1, 0.15) is 17.7 Å². The average Bonchev–Trinajstić information content (AvgIpc) is 3.33. The highest BCUT2D eigenvalue weighted by Crippen LogP contribution is 2.25. The van der Waals surface area contributed by atoms with Crippen LogP contribution in [0.4, 0.5) is 9.18 Å². The maximum atomic E-state index is 13.1. The van der Waals surface area contributed by atoms with Crippen molar-refractivity contribution in [3.05, 3.63) is 35.8 Å². The summed E-state index contributed by atoms with van der Waals surface area (Å²) in [6, 6.07) is 3.49. The van der Waals surface area contributed by atoms with Gasteiger partial charge in [0, 0.05) is 29.2 Å². The van der Waals surface area contributed by atoms with Crippen LogP contribution in [-0.2, 0) is 9.53 Å². The van der Waals surface area contributed by atoms with Crippen LogP contribution < -0.4 is 5.32 Å². The molecule has 0 saturated carbocycles. The van der Waals surface area contributed by atoms with E-state index in [-0.39, 0.29) is 23.1 Å².